The lowest BCUT2D eigenvalue weighted by molar-refractivity contribution is 1.07. The first-order valence-electron chi connectivity index (χ1n) is 36.8. The van der Waals surface area contributed by atoms with Gasteiger partial charge in [-0.05, 0) is 233 Å². The van der Waals surface area contributed by atoms with E-state index in [2.05, 4.69) is 386 Å². The van der Waals surface area contributed by atoms with E-state index in [1.165, 1.54) is 81.0 Å². The fourth-order valence-corrected chi connectivity index (χ4v) is 17.6. The van der Waals surface area contributed by atoms with Gasteiger partial charge in [-0.2, -0.15) is 0 Å². The van der Waals surface area contributed by atoms with E-state index in [0.29, 0.717) is 17.5 Å². The maximum absolute atomic E-state index is 5.90. The zero-order valence-corrected chi connectivity index (χ0v) is 58.1. The molecule has 107 heavy (non-hydrogen) atoms. The SMILES string of the molecule is c1ccc(-c2ccc(N3c4cc(-c5nc(-c6cc(-c7ccccc7)cc(-c7ccccc7)c6)nc(-c6cc(-c7ccccc7)cc(-c7ccccc7)c6)n5)cc5c4B(c4c3cc3ccc6cccc7ccc4c3c67)c3c(cc4ccc6cccc7ccc3c4c67)N5c3ccc(-c4ccccc4)cc3)cc2)cc1. The van der Waals surface area contributed by atoms with Gasteiger partial charge >= 0.3 is 0 Å². The molecule has 0 bridgehead atoms. The molecule has 494 valence electrons. The molecule has 2 aliphatic rings. The molecule has 0 radical (unpaired) electrons. The van der Waals surface area contributed by atoms with Crippen molar-refractivity contribution in [3.05, 3.63) is 376 Å². The molecule has 0 N–H and O–H groups in total. The highest BCUT2D eigenvalue weighted by molar-refractivity contribution is 7.03. The van der Waals surface area contributed by atoms with E-state index < -0.39 is 0 Å². The van der Waals surface area contributed by atoms with Crippen molar-refractivity contribution in [1.29, 1.82) is 0 Å². The third kappa shape index (κ3) is 9.91. The molecule has 0 aliphatic carbocycles. The highest BCUT2D eigenvalue weighted by Gasteiger charge is 2.46. The fraction of sp³-hybridized carbons (Fsp3) is 0. The molecule has 5 nitrogen and oxygen atoms in total. The summed E-state index contributed by atoms with van der Waals surface area (Å²) < 4.78 is 0. The van der Waals surface area contributed by atoms with Gasteiger partial charge in [-0.25, -0.2) is 15.0 Å². The van der Waals surface area contributed by atoms with Crippen LogP contribution in [0.25, 0.3) is 166 Å². The van der Waals surface area contributed by atoms with Gasteiger partial charge in [0.2, 0.25) is 0 Å². The minimum absolute atomic E-state index is 0.286. The van der Waals surface area contributed by atoms with E-state index in [0.717, 1.165) is 118 Å². The summed E-state index contributed by atoms with van der Waals surface area (Å²) in [6.45, 7) is -0.286. The number of anilines is 6. The quantitative estimate of drug-likeness (QED) is 0.0954. The Morgan fingerprint density at radius 2 is 0.439 bits per heavy atom. The average molecular weight is 1360 g/mol. The number of fused-ring (bicyclic) bond motifs is 6. The predicted molar refractivity (Wildman–Crippen MR) is 450 cm³/mol. The highest BCUT2D eigenvalue weighted by Crippen LogP contribution is 2.51. The Labute approximate surface area is 619 Å². The molecule has 0 saturated heterocycles. The first-order valence-corrected chi connectivity index (χ1v) is 36.8. The minimum Gasteiger partial charge on any atom is -0.311 e. The van der Waals surface area contributed by atoms with Gasteiger partial charge in [-0.15, -0.1) is 0 Å². The van der Waals surface area contributed by atoms with E-state index in [4.69, 9.17) is 15.0 Å². The summed E-state index contributed by atoms with van der Waals surface area (Å²) in [6, 6.07) is 138. The van der Waals surface area contributed by atoms with Crippen molar-refractivity contribution < 1.29 is 0 Å². The van der Waals surface area contributed by atoms with Gasteiger partial charge in [-0.1, -0.05) is 291 Å². The molecule has 20 aromatic rings. The lowest BCUT2D eigenvalue weighted by Gasteiger charge is -2.45. The number of benzene rings is 19. The van der Waals surface area contributed by atoms with E-state index in [1.807, 2.05) is 0 Å². The lowest BCUT2D eigenvalue weighted by Crippen LogP contribution is -2.61. The molecular weight excluding hydrogens is 1290 g/mol. The maximum atomic E-state index is 5.90. The second-order valence-electron chi connectivity index (χ2n) is 28.6. The average Bonchev–Trinajstić information content (AvgIpc) is 0.674. The summed E-state index contributed by atoms with van der Waals surface area (Å²) in [5, 5.41) is 14.9. The standard InChI is InChI=1S/C101H62BN5/c1-7-21-63(22-8-1)69-41-47-84(48-42-69)106-88-59-75-39-37-71-33-19-35-73-45-51-86(94(75)92(71)73)96(88)102-97-87-52-46-74-36-20-34-72-38-40-76(95(87)93(72)74)60-89(97)107(85-49-43-70(44-50-85)64-23-9-2-10-24-64)91-62-83(61-90(106)98(91)102)101-104-99(81-55-77(65-25-11-3-12-26-65)53-78(56-81)66-27-13-4-14-28-66)103-100(105-101)82-57-79(67-29-15-5-16-30-67)54-80(58-82)68-31-17-6-18-32-68/h1-62H. The van der Waals surface area contributed by atoms with Crippen LogP contribution in [0.3, 0.4) is 0 Å². The normalized spacial score (nSPS) is 12.4. The predicted octanol–water partition coefficient (Wildman–Crippen LogP) is 24.8. The molecule has 3 heterocycles. The summed E-state index contributed by atoms with van der Waals surface area (Å²) in [4.78, 5) is 22.7. The van der Waals surface area contributed by atoms with Crippen molar-refractivity contribution in [3.8, 4) is 101 Å². The molecule has 0 unspecified atom stereocenters. The lowest BCUT2D eigenvalue weighted by atomic mass is 9.32. The van der Waals surface area contributed by atoms with Gasteiger partial charge in [0.1, 0.15) is 0 Å². The van der Waals surface area contributed by atoms with Crippen LogP contribution in [0, 0.1) is 0 Å². The summed E-state index contributed by atoms with van der Waals surface area (Å²) in [6.07, 6.45) is 0. The Morgan fingerprint density at radius 1 is 0.178 bits per heavy atom. The Kier molecular flexibility index (Phi) is 13.7. The molecule has 0 amide bonds. The van der Waals surface area contributed by atoms with E-state index in [9.17, 15) is 0 Å². The van der Waals surface area contributed by atoms with Crippen LogP contribution in [-0.2, 0) is 0 Å². The molecule has 0 spiro atoms. The molecule has 0 fully saturated rings. The van der Waals surface area contributed by atoms with Crippen LogP contribution in [0.5, 0.6) is 0 Å². The first kappa shape index (κ1) is 60.5. The van der Waals surface area contributed by atoms with Gasteiger partial charge in [0.25, 0.3) is 6.71 Å². The van der Waals surface area contributed by atoms with Gasteiger partial charge in [0.05, 0.1) is 0 Å². The Morgan fingerprint density at radius 3 is 0.766 bits per heavy atom. The molecular formula is C101H62BN5. The number of nitrogens with zero attached hydrogens (tertiary/aromatic N) is 5. The van der Waals surface area contributed by atoms with Crippen molar-refractivity contribution in [2.24, 2.45) is 0 Å². The fourth-order valence-electron chi connectivity index (χ4n) is 17.6. The van der Waals surface area contributed by atoms with Gasteiger partial charge in [-0.3, -0.25) is 0 Å². The summed E-state index contributed by atoms with van der Waals surface area (Å²) >= 11 is 0. The van der Waals surface area contributed by atoms with Crippen molar-refractivity contribution in [2.75, 3.05) is 9.80 Å². The van der Waals surface area contributed by atoms with Gasteiger partial charge in [0.15, 0.2) is 17.5 Å². The van der Waals surface area contributed by atoms with Crippen molar-refractivity contribution >= 4 is 122 Å². The van der Waals surface area contributed by atoms with Crippen molar-refractivity contribution in [1.82, 2.24) is 15.0 Å². The van der Waals surface area contributed by atoms with Crippen LogP contribution < -0.4 is 26.2 Å². The van der Waals surface area contributed by atoms with Crippen LogP contribution in [-0.4, -0.2) is 21.7 Å². The third-order valence-corrected chi connectivity index (χ3v) is 22.5. The Balaban J connectivity index is 0.880. The van der Waals surface area contributed by atoms with E-state index in [-0.39, 0.29) is 6.71 Å². The topological polar surface area (TPSA) is 45.2 Å². The zero-order valence-electron chi connectivity index (χ0n) is 58.1. The monoisotopic (exact) mass is 1360 g/mol. The molecule has 1 aromatic heterocycles. The number of rotatable bonds is 11. The van der Waals surface area contributed by atoms with Crippen LogP contribution in [0.4, 0.5) is 34.1 Å². The summed E-state index contributed by atoms with van der Waals surface area (Å²) in [5.74, 6) is 1.65. The molecule has 6 heteroatoms. The Bertz CT molecular complexity index is 6340. The molecule has 22 rings (SSSR count). The first-order chi connectivity index (χ1) is 53.0. The van der Waals surface area contributed by atoms with Crippen LogP contribution in [0.1, 0.15) is 0 Å². The van der Waals surface area contributed by atoms with Crippen molar-refractivity contribution in [2.45, 2.75) is 0 Å². The van der Waals surface area contributed by atoms with E-state index in [1.54, 1.807) is 0 Å². The smallest absolute Gasteiger partial charge is 0.253 e. The molecule has 0 saturated carbocycles. The largest absolute Gasteiger partial charge is 0.311 e. The van der Waals surface area contributed by atoms with Crippen LogP contribution >= 0.6 is 0 Å². The third-order valence-electron chi connectivity index (χ3n) is 22.5. The summed E-state index contributed by atoms with van der Waals surface area (Å²) in [7, 11) is 0. The molecule has 19 aromatic carbocycles. The summed E-state index contributed by atoms with van der Waals surface area (Å²) in [5.41, 5.74) is 25.9. The molecule has 0 atom stereocenters. The second kappa shape index (κ2) is 24.3. The van der Waals surface area contributed by atoms with Gasteiger partial charge < -0.3 is 9.80 Å². The zero-order chi connectivity index (χ0) is 70.2. The number of hydrogen-bond acceptors (Lipinski definition) is 5. The second-order valence-corrected chi connectivity index (χ2v) is 28.6. The van der Waals surface area contributed by atoms with Crippen LogP contribution in [0.2, 0.25) is 0 Å². The number of aromatic nitrogens is 3. The van der Waals surface area contributed by atoms with Crippen LogP contribution in [0.15, 0.2) is 376 Å². The highest BCUT2D eigenvalue weighted by atomic mass is 15.2. The van der Waals surface area contributed by atoms with E-state index >= 15 is 0 Å². The minimum atomic E-state index is -0.286. The van der Waals surface area contributed by atoms with Crippen molar-refractivity contribution in [3.63, 3.8) is 0 Å². The Hall–Kier alpha value is -14.1. The number of hydrogen-bond donors (Lipinski definition) is 0. The molecule has 2 aliphatic heterocycles. The van der Waals surface area contributed by atoms with Gasteiger partial charge in [0, 0.05) is 50.8 Å². The maximum Gasteiger partial charge on any atom is 0.253 e.